The molecule has 2 aromatic rings. The summed E-state index contributed by atoms with van der Waals surface area (Å²) in [5.41, 5.74) is 2.02. The minimum Gasteiger partial charge on any atom is -0.370 e. The minimum atomic E-state index is -0.0744. The average molecular weight is 356 g/mol. The van der Waals surface area contributed by atoms with E-state index >= 15 is 0 Å². The number of benzene rings is 1. The van der Waals surface area contributed by atoms with Crippen molar-refractivity contribution in [1.29, 1.82) is 0 Å². The van der Waals surface area contributed by atoms with E-state index in [9.17, 15) is 4.79 Å². The first-order valence-corrected chi connectivity index (χ1v) is 8.95. The quantitative estimate of drug-likeness (QED) is 0.830. The lowest BCUT2D eigenvalue weighted by Gasteiger charge is -2.33. The zero-order valence-electron chi connectivity index (χ0n) is 14.1. The number of amides is 1. The Balaban J connectivity index is 1.42. The molecule has 25 heavy (non-hydrogen) atoms. The van der Waals surface area contributed by atoms with Crippen molar-refractivity contribution >= 4 is 29.3 Å². The van der Waals surface area contributed by atoms with Crippen LogP contribution in [0, 0.1) is 5.92 Å². The van der Waals surface area contributed by atoms with Crippen LogP contribution in [0.3, 0.4) is 0 Å². The van der Waals surface area contributed by atoms with E-state index < -0.39 is 0 Å². The van der Waals surface area contributed by atoms with Crippen LogP contribution in [0.1, 0.15) is 18.4 Å². The summed E-state index contributed by atoms with van der Waals surface area (Å²) in [5, 5.41) is 3.64. The molecule has 1 saturated heterocycles. The second-order valence-electron chi connectivity index (χ2n) is 6.24. The number of aromatic nitrogens is 1. The van der Waals surface area contributed by atoms with E-state index in [1.54, 1.807) is 18.3 Å². The molecule has 1 fully saturated rings. The van der Waals surface area contributed by atoms with Crippen LogP contribution in [0.25, 0.3) is 6.08 Å². The fourth-order valence-corrected chi connectivity index (χ4v) is 3.21. The largest absolute Gasteiger partial charge is 0.370 e. The van der Waals surface area contributed by atoms with Crippen LogP contribution in [0.5, 0.6) is 0 Å². The molecule has 0 unspecified atom stereocenters. The van der Waals surface area contributed by atoms with Gasteiger partial charge < -0.3 is 10.2 Å². The third kappa shape index (κ3) is 5.07. The van der Waals surface area contributed by atoms with Crippen molar-refractivity contribution in [3.8, 4) is 0 Å². The number of piperidine rings is 1. The van der Waals surface area contributed by atoms with Gasteiger partial charge in [0.2, 0.25) is 5.91 Å². The van der Waals surface area contributed by atoms with Gasteiger partial charge in [-0.1, -0.05) is 29.8 Å². The number of carbonyl (C=O) groups is 1. The predicted molar refractivity (Wildman–Crippen MR) is 103 cm³/mol. The molecule has 0 atom stereocenters. The summed E-state index contributed by atoms with van der Waals surface area (Å²) in [5.74, 6) is 0.445. The number of hydrogen-bond donors (Lipinski definition) is 1. The van der Waals surface area contributed by atoms with Crippen molar-refractivity contribution in [2.75, 3.05) is 24.5 Å². The normalized spacial score (nSPS) is 15.5. The molecule has 1 N–H and O–H groups in total. The summed E-state index contributed by atoms with van der Waals surface area (Å²) in [6, 6.07) is 11.5. The summed E-state index contributed by atoms with van der Waals surface area (Å²) in [6.45, 7) is 2.72. The molecule has 4 nitrogen and oxygen atoms in total. The van der Waals surface area contributed by atoms with Crippen LogP contribution >= 0.6 is 11.6 Å². The van der Waals surface area contributed by atoms with E-state index in [1.807, 2.05) is 36.5 Å². The van der Waals surface area contributed by atoms with Crippen molar-refractivity contribution in [1.82, 2.24) is 10.3 Å². The highest BCUT2D eigenvalue weighted by atomic mass is 35.5. The topological polar surface area (TPSA) is 45.2 Å². The maximum absolute atomic E-state index is 12.0. The highest BCUT2D eigenvalue weighted by molar-refractivity contribution is 6.32. The fraction of sp³-hybridized carbons (Fsp3) is 0.300. The zero-order chi connectivity index (χ0) is 17.5. The number of nitrogens with zero attached hydrogens (tertiary/aromatic N) is 2. The molecule has 130 valence electrons. The third-order valence-electron chi connectivity index (χ3n) is 4.51. The SMILES string of the molecule is O=C(/C=C/c1ccccc1Cl)NCC1CCN(c2cccnc2)CC1. The number of pyridine rings is 1. The van der Waals surface area contributed by atoms with E-state index in [-0.39, 0.29) is 5.91 Å². The van der Waals surface area contributed by atoms with Gasteiger partial charge in [-0.25, -0.2) is 0 Å². The first kappa shape index (κ1) is 17.5. The lowest BCUT2D eigenvalue weighted by molar-refractivity contribution is -0.116. The summed E-state index contributed by atoms with van der Waals surface area (Å²) >= 11 is 6.08. The van der Waals surface area contributed by atoms with Crippen molar-refractivity contribution in [2.45, 2.75) is 12.8 Å². The Labute approximate surface area is 153 Å². The Kier molecular flexibility index (Phi) is 6.07. The molecule has 3 rings (SSSR count). The van der Waals surface area contributed by atoms with E-state index in [0.29, 0.717) is 17.5 Å². The van der Waals surface area contributed by atoms with Crippen molar-refractivity contribution < 1.29 is 4.79 Å². The van der Waals surface area contributed by atoms with E-state index in [4.69, 9.17) is 11.6 Å². The molecule has 1 aromatic heterocycles. The van der Waals surface area contributed by atoms with E-state index in [1.165, 1.54) is 5.69 Å². The number of halogens is 1. The van der Waals surface area contributed by atoms with Gasteiger partial charge in [-0.2, -0.15) is 0 Å². The van der Waals surface area contributed by atoms with Crippen LogP contribution in [0.2, 0.25) is 5.02 Å². The van der Waals surface area contributed by atoms with Gasteiger partial charge in [0.1, 0.15) is 0 Å². The van der Waals surface area contributed by atoms with Crippen LogP contribution in [-0.2, 0) is 4.79 Å². The van der Waals surface area contributed by atoms with Crippen LogP contribution in [0.15, 0.2) is 54.9 Å². The Morgan fingerprint density at radius 1 is 1.24 bits per heavy atom. The first-order chi connectivity index (χ1) is 12.2. The second kappa shape index (κ2) is 8.67. The molecular weight excluding hydrogens is 334 g/mol. The van der Waals surface area contributed by atoms with E-state index in [0.717, 1.165) is 31.5 Å². The summed E-state index contributed by atoms with van der Waals surface area (Å²) in [4.78, 5) is 18.5. The molecule has 1 amide bonds. The van der Waals surface area contributed by atoms with Gasteiger partial charge in [0.05, 0.1) is 11.9 Å². The Morgan fingerprint density at radius 2 is 2.04 bits per heavy atom. The van der Waals surface area contributed by atoms with Gasteiger partial charge in [-0.15, -0.1) is 0 Å². The smallest absolute Gasteiger partial charge is 0.244 e. The minimum absolute atomic E-state index is 0.0744. The average Bonchev–Trinajstić information content (AvgIpc) is 2.67. The van der Waals surface area contributed by atoms with Gasteiger partial charge in [0.15, 0.2) is 0 Å². The number of nitrogens with one attached hydrogen (secondary N) is 1. The standard InChI is InChI=1S/C20H22ClN3O/c21-19-6-2-1-4-17(19)7-8-20(25)23-14-16-9-12-24(13-10-16)18-5-3-11-22-15-18/h1-8,11,15-16H,9-10,12-14H2,(H,23,25)/b8-7+. The molecule has 5 heteroatoms. The summed E-state index contributed by atoms with van der Waals surface area (Å²) in [7, 11) is 0. The third-order valence-corrected chi connectivity index (χ3v) is 4.85. The molecule has 0 aliphatic carbocycles. The number of anilines is 1. The summed E-state index contributed by atoms with van der Waals surface area (Å²) in [6.07, 6.45) is 9.14. The summed E-state index contributed by atoms with van der Waals surface area (Å²) < 4.78 is 0. The second-order valence-corrected chi connectivity index (χ2v) is 6.65. The van der Waals surface area contributed by atoms with Gasteiger partial charge in [0, 0.05) is 36.9 Å². The molecular formula is C20H22ClN3O. The first-order valence-electron chi connectivity index (χ1n) is 8.58. The van der Waals surface area contributed by atoms with Gasteiger partial charge in [0.25, 0.3) is 0 Å². The predicted octanol–water partition coefficient (Wildman–Crippen LogP) is 3.78. The maximum Gasteiger partial charge on any atom is 0.244 e. The lowest BCUT2D eigenvalue weighted by atomic mass is 9.96. The zero-order valence-corrected chi connectivity index (χ0v) is 14.8. The fourth-order valence-electron chi connectivity index (χ4n) is 3.02. The number of rotatable bonds is 5. The molecule has 1 aromatic carbocycles. The van der Waals surface area contributed by atoms with Crippen molar-refractivity contribution in [3.05, 3.63) is 65.5 Å². The van der Waals surface area contributed by atoms with Crippen LogP contribution in [0.4, 0.5) is 5.69 Å². The Bertz CT molecular complexity index is 725. The molecule has 0 radical (unpaired) electrons. The Morgan fingerprint density at radius 3 is 2.76 bits per heavy atom. The highest BCUT2D eigenvalue weighted by Gasteiger charge is 2.19. The molecule has 1 aliphatic heterocycles. The Hall–Kier alpha value is -2.33. The molecule has 0 saturated carbocycles. The van der Waals surface area contributed by atoms with E-state index in [2.05, 4.69) is 21.3 Å². The number of carbonyl (C=O) groups excluding carboxylic acids is 1. The molecule has 2 heterocycles. The molecule has 0 bridgehead atoms. The van der Waals surface area contributed by atoms with Gasteiger partial charge in [-0.05, 0) is 48.6 Å². The van der Waals surface area contributed by atoms with Crippen LogP contribution < -0.4 is 10.2 Å². The highest BCUT2D eigenvalue weighted by Crippen LogP contribution is 2.22. The van der Waals surface area contributed by atoms with Crippen LogP contribution in [-0.4, -0.2) is 30.5 Å². The van der Waals surface area contributed by atoms with Crippen molar-refractivity contribution in [3.63, 3.8) is 0 Å². The molecule has 1 aliphatic rings. The van der Waals surface area contributed by atoms with Gasteiger partial charge in [-0.3, -0.25) is 9.78 Å². The molecule has 0 spiro atoms. The van der Waals surface area contributed by atoms with Gasteiger partial charge >= 0.3 is 0 Å². The monoisotopic (exact) mass is 355 g/mol. The maximum atomic E-state index is 12.0. The number of hydrogen-bond acceptors (Lipinski definition) is 3. The lowest BCUT2D eigenvalue weighted by Crippen LogP contribution is -2.38. The van der Waals surface area contributed by atoms with Crippen molar-refractivity contribution in [2.24, 2.45) is 5.92 Å².